The number of sulfonamides is 1. The lowest BCUT2D eigenvalue weighted by Gasteiger charge is -2.10. The first-order valence-electron chi connectivity index (χ1n) is 6.22. The second-order valence-corrected chi connectivity index (χ2v) is 6.80. The monoisotopic (exact) mass is 370 g/mol. The number of nitrogen functional groups attached to an aromatic ring is 1. The molecule has 2 aromatic rings. The molecular formula is C14H15BrN2O3S. The fraction of sp³-hybridized carbons (Fsp3) is 0.143. The molecule has 0 amide bonds. The Labute approximate surface area is 132 Å². The molecule has 21 heavy (non-hydrogen) atoms. The minimum absolute atomic E-state index is 0.151. The Morgan fingerprint density at radius 2 is 1.76 bits per heavy atom. The van der Waals surface area contributed by atoms with Gasteiger partial charge in [0.15, 0.2) is 0 Å². The number of nitrogens with two attached hydrogens (primary N) is 1. The highest BCUT2D eigenvalue weighted by Gasteiger charge is 2.16. The van der Waals surface area contributed by atoms with Crippen LogP contribution >= 0.6 is 15.9 Å². The average Bonchev–Trinajstić information content (AvgIpc) is 2.45. The van der Waals surface area contributed by atoms with E-state index in [0.717, 1.165) is 0 Å². The lowest BCUT2D eigenvalue weighted by Crippen LogP contribution is -2.28. The predicted molar refractivity (Wildman–Crippen MR) is 85.7 cm³/mol. The summed E-state index contributed by atoms with van der Waals surface area (Å²) in [5, 5.41) is 0. The van der Waals surface area contributed by atoms with E-state index < -0.39 is 10.0 Å². The van der Waals surface area contributed by atoms with E-state index in [2.05, 4.69) is 20.7 Å². The summed E-state index contributed by atoms with van der Waals surface area (Å²) >= 11 is 3.22. The van der Waals surface area contributed by atoms with Gasteiger partial charge in [-0.3, -0.25) is 0 Å². The molecule has 0 heterocycles. The number of anilines is 1. The molecule has 0 aliphatic heterocycles. The zero-order chi connectivity index (χ0) is 15.3. The standard InChI is InChI=1S/C14H15BrN2O3S/c15-11-5-1-4-8-14(11)21(18,19)17-9-10-20-13-7-3-2-6-12(13)16/h1-8,17H,9-10,16H2. The third-order valence-corrected chi connectivity index (χ3v) is 5.17. The molecule has 0 aromatic heterocycles. The van der Waals surface area contributed by atoms with Gasteiger partial charge < -0.3 is 10.5 Å². The SMILES string of the molecule is Nc1ccccc1OCCNS(=O)(=O)c1ccccc1Br. The Morgan fingerprint density at radius 3 is 2.48 bits per heavy atom. The van der Waals surface area contributed by atoms with E-state index in [1.54, 1.807) is 42.5 Å². The Balaban J connectivity index is 1.92. The zero-order valence-electron chi connectivity index (χ0n) is 11.1. The first-order chi connectivity index (χ1) is 10.0. The molecule has 0 fully saturated rings. The molecule has 0 aliphatic rings. The van der Waals surface area contributed by atoms with Gasteiger partial charge in [-0.25, -0.2) is 13.1 Å². The molecule has 0 spiro atoms. The minimum atomic E-state index is -3.56. The normalized spacial score (nSPS) is 11.3. The van der Waals surface area contributed by atoms with Crippen LogP contribution in [0.1, 0.15) is 0 Å². The maximum atomic E-state index is 12.1. The van der Waals surface area contributed by atoms with Crippen molar-refractivity contribution in [2.24, 2.45) is 0 Å². The van der Waals surface area contributed by atoms with Gasteiger partial charge >= 0.3 is 0 Å². The minimum Gasteiger partial charge on any atom is -0.490 e. The van der Waals surface area contributed by atoms with Crippen LogP contribution in [0.25, 0.3) is 0 Å². The van der Waals surface area contributed by atoms with Gasteiger partial charge in [0.25, 0.3) is 0 Å². The van der Waals surface area contributed by atoms with Crippen LogP contribution in [0.3, 0.4) is 0 Å². The number of rotatable bonds is 6. The molecule has 0 unspecified atom stereocenters. The van der Waals surface area contributed by atoms with E-state index in [-0.39, 0.29) is 18.0 Å². The van der Waals surface area contributed by atoms with E-state index in [4.69, 9.17) is 10.5 Å². The van der Waals surface area contributed by atoms with Crippen LogP contribution < -0.4 is 15.2 Å². The Bertz CT molecular complexity index is 720. The van der Waals surface area contributed by atoms with E-state index in [9.17, 15) is 8.42 Å². The third-order valence-electron chi connectivity index (χ3n) is 2.70. The van der Waals surface area contributed by atoms with Crippen molar-refractivity contribution in [2.75, 3.05) is 18.9 Å². The number of halogens is 1. The summed E-state index contributed by atoms with van der Waals surface area (Å²) in [6, 6.07) is 13.7. The van der Waals surface area contributed by atoms with Gasteiger partial charge in [0, 0.05) is 11.0 Å². The summed E-state index contributed by atoms with van der Waals surface area (Å²) in [6.07, 6.45) is 0. The highest BCUT2D eigenvalue weighted by molar-refractivity contribution is 9.10. The van der Waals surface area contributed by atoms with Gasteiger partial charge in [-0.05, 0) is 40.2 Å². The molecule has 5 nitrogen and oxygen atoms in total. The Hall–Kier alpha value is -1.57. The van der Waals surface area contributed by atoms with Crippen molar-refractivity contribution in [2.45, 2.75) is 4.90 Å². The first-order valence-corrected chi connectivity index (χ1v) is 8.50. The third kappa shape index (κ3) is 4.20. The smallest absolute Gasteiger partial charge is 0.241 e. The number of ether oxygens (including phenoxy) is 1. The lowest BCUT2D eigenvalue weighted by molar-refractivity contribution is 0.324. The van der Waals surface area contributed by atoms with Crippen LogP contribution in [0, 0.1) is 0 Å². The van der Waals surface area contributed by atoms with Gasteiger partial charge in [-0.1, -0.05) is 24.3 Å². The van der Waals surface area contributed by atoms with Crippen LogP contribution in [-0.4, -0.2) is 21.6 Å². The van der Waals surface area contributed by atoms with Gasteiger partial charge in [0.05, 0.1) is 10.6 Å². The second-order valence-electron chi connectivity index (χ2n) is 4.21. The maximum absolute atomic E-state index is 12.1. The Morgan fingerprint density at radius 1 is 1.10 bits per heavy atom. The summed E-state index contributed by atoms with van der Waals surface area (Å²) in [5.74, 6) is 0.539. The van der Waals surface area contributed by atoms with Crippen LogP contribution in [0.2, 0.25) is 0 Å². The molecular weight excluding hydrogens is 356 g/mol. The number of benzene rings is 2. The van der Waals surface area contributed by atoms with Gasteiger partial charge in [0.1, 0.15) is 12.4 Å². The van der Waals surface area contributed by atoms with Crippen molar-refractivity contribution in [3.05, 3.63) is 53.0 Å². The molecule has 0 atom stereocenters. The van der Waals surface area contributed by atoms with E-state index in [1.165, 1.54) is 6.07 Å². The van der Waals surface area contributed by atoms with E-state index in [1.807, 2.05) is 0 Å². The predicted octanol–water partition coefficient (Wildman–Crippen LogP) is 2.39. The summed E-state index contributed by atoms with van der Waals surface area (Å²) in [7, 11) is -3.56. The van der Waals surface area contributed by atoms with Crippen molar-refractivity contribution < 1.29 is 13.2 Å². The quantitative estimate of drug-likeness (QED) is 0.604. The van der Waals surface area contributed by atoms with Gasteiger partial charge in [-0.15, -0.1) is 0 Å². The molecule has 2 rings (SSSR count). The summed E-state index contributed by atoms with van der Waals surface area (Å²) in [6.45, 7) is 0.343. The molecule has 7 heteroatoms. The fourth-order valence-electron chi connectivity index (χ4n) is 1.69. The fourth-order valence-corrected chi connectivity index (χ4v) is 3.70. The Kier molecular flexibility index (Phi) is 5.22. The molecule has 0 saturated carbocycles. The topological polar surface area (TPSA) is 81.4 Å². The van der Waals surface area contributed by atoms with Crippen LogP contribution in [-0.2, 0) is 10.0 Å². The van der Waals surface area contributed by atoms with Crippen LogP contribution in [0.4, 0.5) is 5.69 Å². The lowest BCUT2D eigenvalue weighted by atomic mass is 10.3. The maximum Gasteiger partial charge on any atom is 0.241 e. The molecule has 2 aromatic carbocycles. The van der Waals surface area contributed by atoms with Crippen LogP contribution in [0.5, 0.6) is 5.75 Å². The molecule has 0 radical (unpaired) electrons. The van der Waals surface area contributed by atoms with Crippen molar-refractivity contribution in [3.63, 3.8) is 0 Å². The highest BCUT2D eigenvalue weighted by Crippen LogP contribution is 2.21. The molecule has 112 valence electrons. The van der Waals surface area contributed by atoms with E-state index in [0.29, 0.717) is 15.9 Å². The molecule has 3 N–H and O–H groups in total. The number of hydrogen-bond donors (Lipinski definition) is 2. The highest BCUT2D eigenvalue weighted by atomic mass is 79.9. The molecule has 0 saturated heterocycles. The van der Waals surface area contributed by atoms with Gasteiger partial charge in [-0.2, -0.15) is 0 Å². The number of para-hydroxylation sites is 2. The largest absolute Gasteiger partial charge is 0.490 e. The van der Waals surface area contributed by atoms with Crippen molar-refractivity contribution in [3.8, 4) is 5.75 Å². The van der Waals surface area contributed by atoms with E-state index >= 15 is 0 Å². The molecule has 0 aliphatic carbocycles. The summed E-state index contributed by atoms with van der Waals surface area (Å²) in [4.78, 5) is 0.198. The summed E-state index contributed by atoms with van der Waals surface area (Å²) in [5.41, 5.74) is 6.25. The number of nitrogens with one attached hydrogen (secondary N) is 1. The van der Waals surface area contributed by atoms with Crippen molar-refractivity contribution in [1.29, 1.82) is 0 Å². The first kappa shape index (κ1) is 15.8. The average molecular weight is 371 g/mol. The number of hydrogen-bond acceptors (Lipinski definition) is 4. The summed E-state index contributed by atoms with van der Waals surface area (Å²) < 4.78 is 32.7. The van der Waals surface area contributed by atoms with Crippen molar-refractivity contribution >= 4 is 31.6 Å². The zero-order valence-corrected chi connectivity index (χ0v) is 13.5. The van der Waals surface area contributed by atoms with Crippen molar-refractivity contribution in [1.82, 2.24) is 4.72 Å². The van der Waals surface area contributed by atoms with Gasteiger partial charge in [0.2, 0.25) is 10.0 Å². The van der Waals surface area contributed by atoms with Crippen LogP contribution in [0.15, 0.2) is 57.9 Å². The molecule has 0 bridgehead atoms. The second kappa shape index (κ2) is 6.93.